The van der Waals surface area contributed by atoms with Gasteiger partial charge in [0.05, 0.1) is 32.4 Å². The van der Waals surface area contributed by atoms with Gasteiger partial charge in [0.15, 0.2) is 9.84 Å². The van der Waals surface area contributed by atoms with Gasteiger partial charge in [0.1, 0.15) is 5.60 Å². The number of nitrogens with one attached hydrogen (secondary N) is 1. The molecular weight excluding hydrogens is 499 g/mol. The molecule has 0 spiro atoms. The smallest absolute Gasteiger partial charge is 0.384 e. The van der Waals surface area contributed by atoms with E-state index in [4.69, 9.17) is 0 Å². The molecule has 1 unspecified atom stereocenters. The predicted octanol–water partition coefficient (Wildman–Crippen LogP) is 5.19. The van der Waals surface area contributed by atoms with Gasteiger partial charge < -0.3 is 10.4 Å². The third-order valence-electron chi connectivity index (χ3n) is 5.45. The van der Waals surface area contributed by atoms with Gasteiger partial charge in [-0.2, -0.15) is 18.3 Å². The second kappa shape index (κ2) is 8.65. The van der Waals surface area contributed by atoms with Gasteiger partial charge in [-0.25, -0.2) is 13.1 Å². The molecule has 1 aromatic carbocycles. The minimum absolute atomic E-state index is 0.173. The van der Waals surface area contributed by atoms with Gasteiger partial charge >= 0.3 is 6.18 Å². The first-order chi connectivity index (χ1) is 16.1. The van der Waals surface area contributed by atoms with Crippen molar-refractivity contribution in [3.63, 3.8) is 0 Å². The van der Waals surface area contributed by atoms with Crippen LogP contribution in [0.5, 0.6) is 0 Å². The van der Waals surface area contributed by atoms with Crippen LogP contribution >= 0.6 is 11.3 Å². The van der Waals surface area contributed by atoms with Gasteiger partial charge in [-0.15, -0.1) is 11.3 Å². The molecule has 0 aliphatic carbocycles. The van der Waals surface area contributed by atoms with E-state index < -0.39 is 33.2 Å². The molecule has 35 heavy (non-hydrogen) atoms. The summed E-state index contributed by atoms with van der Waals surface area (Å²) in [5.41, 5.74) is -1.15. The Bertz CT molecular complexity index is 1440. The van der Waals surface area contributed by atoms with Crippen LogP contribution < -0.4 is 5.32 Å². The molecule has 0 radical (unpaired) electrons. The van der Waals surface area contributed by atoms with Crippen molar-refractivity contribution in [2.45, 2.75) is 43.5 Å². The zero-order chi connectivity index (χ0) is 25.8. The monoisotopic (exact) mass is 523 g/mol. The van der Waals surface area contributed by atoms with Crippen molar-refractivity contribution in [2.24, 2.45) is 0 Å². The largest absolute Gasteiger partial charge is 0.418 e. The van der Waals surface area contributed by atoms with Crippen LogP contribution in [0, 0.1) is 0 Å². The van der Waals surface area contributed by atoms with Crippen LogP contribution in [0.15, 0.2) is 65.2 Å². The van der Waals surface area contributed by atoms with Crippen molar-refractivity contribution >= 4 is 26.9 Å². The van der Waals surface area contributed by atoms with Gasteiger partial charge in [0, 0.05) is 23.4 Å². The predicted molar refractivity (Wildman–Crippen MR) is 130 cm³/mol. The molecule has 1 atom stereocenters. The number of nitrogens with zero attached hydrogens (tertiary/aromatic N) is 2. The average molecular weight is 524 g/mol. The fourth-order valence-electron chi connectivity index (χ4n) is 3.64. The van der Waals surface area contributed by atoms with Gasteiger partial charge in [-0.1, -0.05) is 12.1 Å². The minimum Gasteiger partial charge on any atom is -0.384 e. The van der Waals surface area contributed by atoms with E-state index in [1.165, 1.54) is 42.1 Å². The van der Waals surface area contributed by atoms with Gasteiger partial charge in [0.2, 0.25) is 0 Å². The number of thiophene rings is 1. The summed E-state index contributed by atoms with van der Waals surface area (Å²) in [6, 6.07) is 11.0. The third kappa shape index (κ3) is 5.21. The van der Waals surface area contributed by atoms with Gasteiger partial charge in [-0.3, -0.25) is 0 Å². The van der Waals surface area contributed by atoms with Crippen LogP contribution in [0.4, 0.5) is 13.2 Å². The lowest BCUT2D eigenvalue weighted by atomic mass is 10.1. The summed E-state index contributed by atoms with van der Waals surface area (Å²) < 4.78 is 66.8. The number of halogens is 3. The lowest BCUT2D eigenvalue weighted by Crippen LogP contribution is -2.30. The number of sulfone groups is 1. The number of alkyl halides is 3. The van der Waals surface area contributed by atoms with E-state index in [1.807, 2.05) is 0 Å². The number of hydrogen-bond acceptors (Lipinski definition) is 6. The van der Waals surface area contributed by atoms with E-state index in [0.29, 0.717) is 16.1 Å². The third-order valence-corrected chi connectivity index (χ3v) is 7.72. The van der Waals surface area contributed by atoms with Crippen LogP contribution in [-0.4, -0.2) is 41.8 Å². The van der Waals surface area contributed by atoms with E-state index in [-0.39, 0.29) is 16.3 Å². The van der Waals surface area contributed by atoms with Gasteiger partial charge in [0.25, 0.3) is 0 Å². The second-order valence-corrected chi connectivity index (χ2v) is 12.0. The van der Waals surface area contributed by atoms with Crippen LogP contribution in [0.2, 0.25) is 0 Å². The molecule has 0 saturated carbocycles. The number of aliphatic hydroxyl groups is 1. The van der Waals surface area contributed by atoms with E-state index in [0.717, 1.165) is 17.2 Å². The first-order valence-corrected chi connectivity index (χ1v) is 13.3. The highest BCUT2D eigenvalue weighted by molar-refractivity contribution is 7.90. The molecular formula is C24H24F3N3O3S2. The van der Waals surface area contributed by atoms with Crippen LogP contribution in [0.25, 0.3) is 26.7 Å². The molecule has 2 N–H and O–H groups in total. The van der Waals surface area contributed by atoms with E-state index in [9.17, 15) is 26.7 Å². The van der Waals surface area contributed by atoms with E-state index in [1.54, 1.807) is 43.3 Å². The summed E-state index contributed by atoms with van der Waals surface area (Å²) in [7, 11) is -3.40. The molecule has 2 aromatic heterocycles. The summed E-state index contributed by atoms with van der Waals surface area (Å²) in [6.07, 6.45) is -1.10. The van der Waals surface area contributed by atoms with Crippen molar-refractivity contribution in [1.29, 1.82) is 0 Å². The van der Waals surface area contributed by atoms with E-state index >= 15 is 0 Å². The number of aromatic nitrogens is 2. The SMILES string of the molecule is CC1C=C(C(F)(F)F)C(n2nc(C(C)(C)O)cc2-c2ccc(-c3cccc(S(C)(=O)=O)c3)s2)=CN1. The minimum atomic E-state index is -4.60. The first kappa shape index (κ1) is 25.2. The normalized spacial score (nSPS) is 17.1. The lowest BCUT2D eigenvalue weighted by molar-refractivity contribution is -0.0881. The Balaban J connectivity index is 1.85. The maximum absolute atomic E-state index is 13.9. The van der Waals surface area contributed by atoms with Crippen molar-refractivity contribution in [3.8, 4) is 21.0 Å². The molecule has 4 rings (SSSR count). The fourth-order valence-corrected chi connectivity index (χ4v) is 5.31. The highest BCUT2D eigenvalue weighted by atomic mass is 32.2. The standard InChI is InChI=1S/C24H24F3N3O3S2/c1-14-10-17(24(25,26)27)19(13-28-14)30-18(12-22(29-30)23(2,3)31)21-9-8-20(34-21)15-6-5-7-16(11-15)35(4,32)33/h5-14,28,31H,1-4H3. The Hall–Kier alpha value is -2.89. The Morgan fingerprint density at radius 2 is 1.80 bits per heavy atom. The number of dihydropyridines is 1. The summed E-state index contributed by atoms with van der Waals surface area (Å²) in [6.45, 7) is 4.63. The van der Waals surface area contributed by atoms with Crippen molar-refractivity contribution in [3.05, 3.63) is 66.0 Å². The summed E-state index contributed by atoms with van der Waals surface area (Å²) in [5, 5.41) is 17.8. The summed E-state index contributed by atoms with van der Waals surface area (Å²) >= 11 is 1.28. The van der Waals surface area contributed by atoms with Crippen molar-refractivity contribution in [1.82, 2.24) is 15.1 Å². The molecule has 6 nitrogen and oxygen atoms in total. The van der Waals surface area contributed by atoms with Crippen molar-refractivity contribution < 1.29 is 26.7 Å². The molecule has 11 heteroatoms. The molecule has 0 bridgehead atoms. The molecule has 3 aromatic rings. The fraction of sp³-hybridized carbons (Fsp3) is 0.292. The number of rotatable bonds is 5. The number of benzene rings is 1. The average Bonchev–Trinajstić information content (AvgIpc) is 3.40. The number of hydrogen-bond donors (Lipinski definition) is 2. The zero-order valence-corrected chi connectivity index (χ0v) is 21.0. The van der Waals surface area contributed by atoms with Gasteiger partial charge in [-0.05, 0) is 62.7 Å². The first-order valence-electron chi connectivity index (χ1n) is 10.6. The highest BCUT2D eigenvalue weighted by Crippen LogP contribution is 2.41. The lowest BCUT2D eigenvalue weighted by Gasteiger charge is -2.24. The maximum Gasteiger partial charge on any atom is 0.418 e. The molecule has 1 aliphatic rings. The molecule has 186 valence electrons. The topological polar surface area (TPSA) is 84.2 Å². The quantitative estimate of drug-likeness (QED) is 0.481. The summed E-state index contributed by atoms with van der Waals surface area (Å²) in [4.78, 5) is 1.51. The molecule has 1 aliphatic heterocycles. The van der Waals surface area contributed by atoms with E-state index in [2.05, 4.69) is 10.4 Å². The second-order valence-electron chi connectivity index (χ2n) is 8.91. The molecule has 3 heterocycles. The Morgan fingerprint density at radius 1 is 1.11 bits per heavy atom. The zero-order valence-electron chi connectivity index (χ0n) is 19.4. The molecule has 0 amide bonds. The van der Waals surface area contributed by atoms with Crippen LogP contribution in [0.3, 0.4) is 0 Å². The Labute approximate surface area is 205 Å². The number of allylic oxidation sites excluding steroid dienone is 2. The van der Waals surface area contributed by atoms with Crippen molar-refractivity contribution in [2.75, 3.05) is 6.26 Å². The Kier molecular flexibility index (Phi) is 6.23. The van der Waals surface area contributed by atoms with Crippen LogP contribution in [0.1, 0.15) is 26.5 Å². The molecule has 0 saturated heterocycles. The Morgan fingerprint density at radius 3 is 2.43 bits per heavy atom. The highest BCUT2D eigenvalue weighted by Gasteiger charge is 2.40. The summed E-state index contributed by atoms with van der Waals surface area (Å²) in [5.74, 6) is 0. The van der Waals surface area contributed by atoms with Crippen LogP contribution in [-0.2, 0) is 15.4 Å². The molecule has 0 fully saturated rings. The maximum atomic E-state index is 13.9.